The summed E-state index contributed by atoms with van der Waals surface area (Å²) in [5.41, 5.74) is -0.644. The van der Waals surface area contributed by atoms with Crippen LogP contribution in [0.15, 0.2) is 0 Å². The van der Waals surface area contributed by atoms with Gasteiger partial charge in [-0.1, -0.05) is 32.6 Å². The van der Waals surface area contributed by atoms with Gasteiger partial charge in [0.05, 0.1) is 11.5 Å². The van der Waals surface area contributed by atoms with Crippen molar-refractivity contribution in [1.82, 2.24) is 0 Å². The predicted molar refractivity (Wildman–Crippen MR) is 50.1 cm³/mol. The standard InChI is InChI=1S/C9H19ClO/c1-3-4-5-6-7-9(2,11)8-10/h11H,3-8H2,1-2H3. The van der Waals surface area contributed by atoms with Crippen molar-refractivity contribution in [2.24, 2.45) is 0 Å². The minimum Gasteiger partial charge on any atom is -0.389 e. The second-order valence-corrected chi connectivity index (χ2v) is 3.71. The maximum atomic E-state index is 9.49. The normalized spacial score (nSPS) is 16.4. The van der Waals surface area contributed by atoms with Gasteiger partial charge in [0.2, 0.25) is 0 Å². The van der Waals surface area contributed by atoms with E-state index in [0.29, 0.717) is 5.88 Å². The Hall–Kier alpha value is 0.250. The first-order valence-corrected chi connectivity index (χ1v) is 4.94. The van der Waals surface area contributed by atoms with Crippen molar-refractivity contribution in [2.75, 3.05) is 5.88 Å². The number of halogens is 1. The van der Waals surface area contributed by atoms with Crippen LogP contribution >= 0.6 is 11.6 Å². The van der Waals surface area contributed by atoms with Crippen LogP contribution in [0.2, 0.25) is 0 Å². The first-order valence-electron chi connectivity index (χ1n) is 4.41. The summed E-state index contributed by atoms with van der Waals surface area (Å²) < 4.78 is 0. The van der Waals surface area contributed by atoms with Crippen LogP contribution in [0.25, 0.3) is 0 Å². The van der Waals surface area contributed by atoms with E-state index in [2.05, 4.69) is 6.92 Å². The SMILES string of the molecule is CCCCCCC(C)(O)CCl. The van der Waals surface area contributed by atoms with Gasteiger partial charge in [0, 0.05) is 0 Å². The van der Waals surface area contributed by atoms with E-state index in [1.165, 1.54) is 19.3 Å². The summed E-state index contributed by atoms with van der Waals surface area (Å²) in [7, 11) is 0. The Morgan fingerprint density at radius 1 is 1.27 bits per heavy atom. The van der Waals surface area contributed by atoms with Gasteiger partial charge in [-0.25, -0.2) is 0 Å². The Morgan fingerprint density at radius 3 is 2.36 bits per heavy atom. The first-order chi connectivity index (χ1) is 5.12. The molecule has 0 amide bonds. The molecule has 68 valence electrons. The van der Waals surface area contributed by atoms with Crippen molar-refractivity contribution in [3.05, 3.63) is 0 Å². The van der Waals surface area contributed by atoms with Crippen molar-refractivity contribution in [3.63, 3.8) is 0 Å². The number of aliphatic hydroxyl groups is 1. The van der Waals surface area contributed by atoms with Crippen LogP contribution in [0.5, 0.6) is 0 Å². The third kappa shape index (κ3) is 6.64. The molecule has 0 fully saturated rings. The van der Waals surface area contributed by atoms with Crippen LogP contribution < -0.4 is 0 Å². The first kappa shape index (κ1) is 11.2. The van der Waals surface area contributed by atoms with E-state index in [9.17, 15) is 5.11 Å². The molecular formula is C9H19ClO. The Bertz CT molecular complexity index is 91.6. The minimum absolute atomic E-state index is 0.346. The molecular weight excluding hydrogens is 160 g/mol. The lowest BCUT2D eigenvalue weighted by Gasteiger charge is -2.19. The average Bonchev–Trinajstić information content (AvgIpc) is 1.99. The molecule has 0 aromatic rings. The molecule has 1 atom stereocenters. The molecule has 1 unspecified atom stereocenters. The van der Waals surface area contributed by atoms with E-state index in [1.807, 2.05) is 0 Å². The van der Waals surface area contributed by atoms with Gasteiger partial charge in [-0.15, -0.1) is 11.6 Å². The third-order valence-electron chi connectivity index (χ3n) is 1.86. The molecule has 0 heterocycles. The summed E-state index contributed by atoms with van der Waals surface area (Å²) in [6, 6.07) is 0. The van der Waals surface area contributed by atoms with Crippen molar-refractivity contribution < 1.29 is 5.11 Å². The molecule has 0 saturated carbocycles. The highest BCUT2D eigenvalue weighted by Crippen LogP contribution is 2.16. The van der Waals surface area contributed by atoms with E-state index in [-0.39, 0.29) is 0 Å². The largest absolute Gasteiger partial charge is 0.389 e. The van der Waals surface area contributed by atoms with Crippen molar-refractivity contribution in [1.29, 1.82) is 0 Å². The Kier molecular flexibility index (Phi) is 5.98. The molecule has 0 spiro atoms. The van der Waals surface area contributed by atoms with Crippen molar-refractivity contribution in [2.45, 2.75) is 51.6 Å². The smallest absolute Gasteiger partial charge is 0.0754 e. The second kappa shape index (κ2) is 5.84. The highest BCUT2D eigenvalue weighted by Gasteiger charge is 2.17. The maximum absolute atomic E-state index is 9.49. The second-order valence-electron chi connectivity index (χ2n) is 3.44. The fourth-order valence-electron chi connectivity index (χ4n) is 0.999. The number of hydrogen-bond acceptors (Lipinski definition) is 1. The van der Waals surface area contributed by atoms with E-state index in [1.54, 1.807) is 6.92 Å². The molecule has 2 heteroatoms. The third-order valence-corrected chi connectivity index (χ3v) is 2.43. The average molecular weight is 179 g/mol. The number of rotatable bonds is 6. The highest BCUT2D eigenvalue weighted by molar-refractivity contribution is 6.18. The molecule has 1 N–H and O–H groups in total. The molecule has 0 rings (SSSR count). The fraction of sp³-hybridized carbons (Fsp3) is 1.00. The summed E-state index contributed by atoms with van der Waals surface area (Å²) in [5, 5.41) is 9.49. The molecule has 0 aromatic heterocycles. The van der Waals surface area contributed by atoms with Crippen LogP contribution in [0.1, 0.15) is 46.0 Å². The van der Waals surface area contributed by atoms with Crippen LogP contribution in [-0.2, 0) is 0 Å². The zero-order valence-corrected chi connectivity index (χ0v) is 8.32. The molecule has 0 aromatic carbocycles. The van der Waals surface area contributed by atoms with Gasteiger partial charge in [-0.2, -0.15) is 0 Å². The lowest BCUT2D eigenvalue weighted by atomic mass is 10.0. The highest BCUT2D eigenvalue weighted by atomic mass is 35.5. The van der Waals surface area contributed by atoms with Crippen LogP contribution in [0.4, 0.5) is 0 Å². The lowest BCUT2D eigenvalue weighted by molar-refractivity contribution is 0.0716. The Labute approximate surface area is 74.8 Å². The van der Waals surface area contributed by atoms with Crippen LogP contribution in [-0.4, -0.2) is 16.6 Å². The summed E-state index contributed by atoms with van der Waals surface area (Å²) in [5.74, 6) is 0.346. The van der Waals surface area contributed by atoms with Crippen molar-refractivity contribution >= 4 is 11.6 Å². The lowest BCUT2D eigenvalue weighted by Crippen LogP contribution is -2.25. The topological polar surface area (TPSA) is 20.2 Å². The van der Waals surface area contributed by atoms with Gasteiger partial charge < -0.3 is 5.11 Å². The van der Waals surface area contributed by atoms with E-state index < -0.39 is 5.60 Å². The molecule has 11 heavy (non-hydrogen) atoms. The van der Waals surface area contributed by atoms with Crippen LogP contribution in [0, 0.1) is 0 Å². The van der Waals surface area contributed by atoms with E-state index in [4.69, 9.17) is 11.6 Å². The van der Waals surface area contributed by atoms with Crippen LogP contribution in [0.3, 0.4) is 0 Å². The monoisotopic (exact) mass is 178 g/mol. The zero-order valence-electron chi connectivity index (χ0n) is 7.57. The minimum atomic E-state index is -0.644. The molecule has 0 aliphatic rings. The van der Waals surface area contributed by atoms with Gasteiger partial charge in [-0.05, 0) is 13.3 Å². The van der Waals surface area contributed by atoms with Crippen molar-refractivity contribution in [3.8, 4) is 0 Å². The number of hydrogen-bond donors (Lipinski definition) is 1. The number of unbranched alkanes of at least 4 members (excludes halogenated alkanes) is 3. The Balaban J connectivity index is 3.23. The summed E-state index contributed by atoms with van der Waals surface area (Å²) in [6.07, 6.45) is 5.63. The van der Waals surface area contributed by atoms with E-state index >= 15 is 0 Å². The van der Waals surface area contributed by atoms with Gasteiger partial charge in [0.25, 0.3) is 0 Å². The predicted octanol–water partition coefficient (Wildman–Crippen LogP) is 2.95. The number of alkyl halides is 1. The summed E-state index contributed by atoms with van der Waals surface area (Å²) >= 11 is 5.56. The molecule has 0 aliphatic heterocycles. The summed E-state index contributed by atoms with van der Waals surface area (Å²) in [4.78, 5) is 0. The molecule has 0 saturated heterocycles. The quantitative estimate of drug-likeness (QED) is 0.490. The fourth-order valence-corrected chi connectivity index (χ4v) is 1.13. The van der Waals surface area contributed by atoms with Gasteiger partial charge in [0.1, 0.15) is 0 Å². The molecule has 0 bridgehead atoms. The molecule has 0 radical (unpaired) electrons. The van der Waals surface area contributed by atoms with Gasteiger partial charge in [0.15, 0.2) is 0 Å². The molecule has 0 aliphatic carbocycles. The van der Waals surface area contributed by atoms with E-state index in [0.717, 1.165) is 12.8 Å². The maximum Gasteiger partial charge on any atom is 0.0754 e. The van der Waals surface area contributed by atoms with Gasteiger partial charge in [-0.3, -0.25) is 0 Å². The van der Waals surface area contributed by atoms with Gasteiger partial charge >= 0.3 is 0 Å². The Morgan fingerprint density at radius 2 is 1.91 bits per heavy atom. The zero-order chi connectivity index (χ0) is 8.74. The molecule has 1 nitrogen and oxygen atoms in total. The summed E-state index contributed by atoms with van der Waals surface area (Å²) in [6.45, 7) is 3.98.